The molecule has 7 nitrogen and oxygen atoms in total. The lowest BCUT2D eigenvalue weighted by Crippen LogP contribution is -2.52. The number of hydrogen-bond acceptors (Lipinski definition) is 4. The van der Waals surface area contributed by atoms with Crippen LogP contribution in [-0.4, -0.2) is 43.8 Å². The summed E-state index contributed by atoms with van der Waals surface area (Å²) in [7, 11) is -4.24. The first-order valence-electron chi connectivity index (χ1n) is 12.1. The number of carbonyl (C=O) groups excluding carboxylic acids is 2. The van der Waals surface area contributed by atoms with Crippen LogP contribution in [-0.2, 0) is 26.2 Å². The van der Waals surface area contributed by atoms with Crippen molar-refractivity contribution in [2.24, 2.45) is 0 Å². The van der Waals surface area contributed by atoms with Crippen molar-refractivity contribution in [3.8, 4) is 0 Å². The highest BCUT2D eigenvalue weighted by atomic mass is 79.9. The Hall–Kier alpha value is -3.24. The molecule has 0 fully saturated rings. The number of sulfonamides is 1. The van der Waals surface area contributed by atoms with E-state index in [-0.39, 0.29) is 29.1 Å². The minimum Gasteiger partial charge on any atom is -0.352 e. The predicted octanol–water partition coefficient (Wildman–Crippen LogP) is 5.03. The monoisotopic (exact) mass is 603 g/mol. The Labute approximate surface area is 231 Å². The fourth-order valence-electron chi connectivity index (χ4n) is 3.75. The Morgan fingerprint density at radius 1 is 0.921 bits per heavy atom. The number of anilines is 1. The molecule has 38 heavy (non-hydrogen) atoms. The van der Waals surface area contributed by atoms with Crippen molar-refractivity contribution >= 4 is 43.5 Å². The second-order valence-corrected chi connectivity index (χ2v) is 12.1. The molecule has 0 bridgehead atoms. The first-order chi connectivity index (χ1) is 17.9. The van der Waals surface area contributed by atoms with Crippen LogP contribution in [0, 0.1) is 12.7 Å². The van der Waals surface area contributed by atoms with E-state index in [1.54, 1.807) is 31.2 Å². The van der Waals surface area contributed by atoms with E-state index in [9.17, 15) is 22.4 Å². The summed E-state index contributed by atoms with van der Waals surface area (Å²) in [6.07, 6.45) is 0. The lowest BCUT2D eigenvalue weighted by molar-refractivity contribution is -0.139. The van der Waals surface area contributed by atoms with Gasteiger partial charge in [-0.05, 0) is 81.8 Å². The lowest BCUT2D eigenvalue weighted by atomic mass is 10.1. The highest BCUT2D eigenvalue weighted by molar-refractivity contribution is 9.10. The minimum atomic E-state index is -4.24. The smallest absolute Gasteiger partial charge is 0.264 e. The first-order valence-corrected chi connectivity index (χ1v) is 14.3. The van der Waals surface area contributed by atoms with Gasteiger partial charge in [0.25, 0.3) is 10.0 Å². The van der Waals surface area contributed by atoms with E-state index in [1.165, 1.54) is 4.90 Å². The van der Waals surface area contributed by atoms with E-state index in [0.717, 1.165) is 44.2 Å². The van der Waals surface area contributed by atoms with E-state index in [1.807, 2.05) is 45.0 Å². The zero-order valence-electron chi connectivity index (χ0n) is 21.7. The molecule has 0 aliphatic rings. The zero-order chi connectivity index (χ0) is 28.0. The molecule has 0 aliphatic carbocycles. The summed E-state index contributed by atoms with van der Waals surface area (Å²) < 4.78 is 42.7. The molecule has 0 spiro atoms. The van der Waals surface area contributed by atoms with Gasteiger partial charge in [0.2, 0.25) is 11.8 Å². The van der Waals surface area contributed by atoms with Crippen molar-refractivity contribution in [3.63, 3.8) is 0 Å². The number of nitrogens with one attached hydrogen (secondary N) is 1. The fraction of sp³-hybridized carbons (Fsp3) is 0.286. The van der Waals surface area contributed by atoms with Gasteiger partial charge in [0.05, 0.1) is 10.6 Å². The summed E-state index contributed by atoms with van der Waals surface area (Å²) in [6, 6.07) is 17.4. The van der Waals surface area contributed by atoms with Crippen LogP contribution in [0.2, 0.25) is 0 Å². The van der Waals surface area contributed by atoms with Gasteiger partial charge in [-0.15, -0.1) is 0 Å². The molecule has 10 heteroatoms. The second kappa shape index (κ2) is 12.5. The van der Waals surface area contributed by atoms with Crippen LogP contribution in [0.15, 0.2) is 82.2 Å². The summed E-state index contributed by atoms with van der Waals surface area (Å²) in [5.74, 6) is -1.49. The van der Waals surface area contributed by atoms with Gasteiger partial charge in [0.1, 0.15) is 18.4 Å². The number of nitrogens with zero attached hydrogens (tertiary/aromatic N) is 2. The van der Waals surface area contributed by atoms with Crippen LogP contribution in [0.3, 0.4) is 0 Å². The normalized spacial score (nSPS) is 12.2. The highest BCUT2D eigenvalue weighted by Crippen LogP contribution is 2.25. The summed E-state index contributed by atoms with van der Waals surface area (Å²) in [5.41, 5.74) is 1.96. The number of rotatable bonds is 10. The van der Waals surface area contributed by atoms with Crippen LogP contribution in [0.1, 0.15) is 31.9 Å². The Morgan fingerprint density at radius 3 is 2.05 bits per heavy atom. The van der Waals surface area contributed by atoms with E-state index < -0.39 is 34.3 Å². The van der Waals surface area contributed by atoms with Crippen LogP contribution in [0.4, 0.5) is 10.1 Å². The molecular formula is C28H31BrFN3O4S. The number of amides is 2. The summed E-state index contributed by atoms with van der Waals surface area (Å²) in [4.78, 5) is 27.9. The molecule has 1 N–H and O–H groups in total. The molecule has 202 valence electrons. The summed E-state index contributed by atoms with van der Waals surface area (Å²) in [6.45, 7) is 6.65. The Bertz CT molecular complexity index is 1360. The Kier molecular flexibility index (Phi) is 9.67. The van der Waals surface area contributed by atoms with Gasteiger partial charge in [-0.2, -0.15) is 0 Å². The predicted molar refractivity (Wildman–Crippen MR) is 150 cm³/mol. The molecule has 0 saturated carbocycles. The minimum absolute atomic E-state index is 0.0944. The topological polar surface area (TPSA) is 86.8 Å². The number of hydrogen-bond donors (Lipinski definition) is 1. The van der Waals surface area contributed by atoms with Crippen molar-refractivity contribution in [2.45, 2.75) is 51.2 Å². The molecule has 3 aromatic carbocycles. The van der Waals surface area contributed by atoms with Crippen LogP contribution >= 0.6 is 15.9 Å². The third-order valence-corrected chi connectivity index (χ3v) is 8.18. The molecule has 0 aliphatic heterocycles. The fourth-order valence-corrected chi connectivity index (χ4v) is 5.43. The van der Waals surface area contributed by atoms with Crippen molar-refractivity contribution in [2.75, 3.05) is 10.8 Å². The van der Waals surface area contributed by atoms with Gasteiger partial charge in [0.15, 0.2) is 0 Å². The summed E-state index contributed by atoms with van der Waals surface area (Å²) >= 11 is 3.39. The van der Waals surface area contributed by atoms with Gasteiger partial charge in [-0.3, -0.25) is 13.9 Å². The first kappa shape index (κ1) is 29.3. The molecule has 3 rings (SSSR count). The molecule has 0 radical (unpaired) electrons. The van der Waals surface area contributed by atoms with Gasteiger partial charge in [0, 0.05) is 17.1 Å². The van der Waals surface area contributed by atoms with E-state index in [4.69, 9.17) is 0 Å². The largest absolute Gasteiger partial charge is 0.352 e. The van der Waals surface area contributed by atoms with Crippen molar-refractivity contribution in [1.29, 1.82) is 0 Å². The molecule has 0 aromatic heterocycles. The van der Waals surface area contributed by atoms with Crippen LogP contribution in [0.5, 0.6) is 0 Å². The third-order valence-electron chi connectivity index (χ3n) is 5.87. The van der Waals surface area contributed by atoms with Crippen molar-refractivity contribution < 1.29 is 22.4 Å². The van der Waals surface area contributed by atoms with E-state index in [2.05, 4.69) is 21.2 Å². The van der Waals surface area contributed by atoms with Gasteiger partial charge in [-0.1, -0.05) is 45.8 Å². The van der Waals surface area contributed by atoms with Crippen LogP contribution in [0.25, 0.3) is 0 Å². The highest BCUT2D eigenvalue weighted by Gasteiger charge is 2.32. The zero-order valence-corrected chi connectivity index (χ0v) is 24.1. The standard InChI is InChI=1S/C28H31BrFN3O4S/c1-19(2)31-28(35)21(4)32(17-22-7-9-23(29)10-8-22)27(34)18-33(25-13-5-20(3)6-14-25)38(36,37)26-15-11-24(30)12-16-26/h5-16,19,21H,17-18H2,1-4H3,(H,31,35)/t21-/m0/s1. The average molecular weight is 605 g/mol. The van der Waals surface area contributed by atoms with Gasteiger partial charge in [-0.25, -0.2) is 12.8 Å². The van der Waals surface area contributed by atoms with Crippen molar-refractivity contribution in [1.82, 2.24) is 10.2 Å². The van der Waals surface area contributed by atoms with Gasteiger partial charge >= 0.3 is 0 Å². The molecule has 0 heterocycles. The van der Waals surface area contributed by atoms with Crippen LogP contribution < -0.4 is 9.62 Å². The molecular weight excluding hydrogens is 573 g/mol. The quantitative estimate of drug-likeness (QED) is 0.352. The maximum atomic E-state index is 13.8. The Morgan fingerprint density at radius 2 is 1.50 bits per heavy atom. The maximum absolute atomic E-state index is 13.8. The SMILES string of the molecule is Cc1ccc(N(CC(=O)N(Cc2ccc(Br)cc2)[C@@H](C)C(=O)NC(C)C)S(=O)(=O)c2ccc(F)cc2)cc1. The van der Waals surface area contributed by atoms with E-state index in [0.29, 0.717) is 0 Å². The molecule has 3 aromatic rings. The number of halogens is 2. The number of benzene rings is 3. The lowest BCUT2D eigenvalue weighted by Gasteiger charge is -2.32. The molecule has 2 amide bonds. The molecule has 0 unspecified atom stereocenters. The number of aryl methyl sites for hydroxylation is 1. The summed E-state index contributed by atoms with van der Waals surface area (Å²) in [5, 5.41) is 2.82. The maximum Gasteiger partial charge on any atom is 0.264 e. The van der Waals surface area contributed by atoms with Gasteiger partial charge < -0.3 is 10.2 Å². The Balaban J connectivity index is 2.02. The average Bonchev–Trinajstić information content (AvgIpc) is 2.87. The second-order valence-electron chi connectivity index (χ2n) is 9.29. The number of carbonyl (C=O) groups is 2. The van der Waals surface area contributed by atoms with E-state index >= 15 is 0 Å². The molecule has 0 saturated heterocycles. The molecule has 1 atom stereocenters. The third kappa shape index (κ3) is 7.41. The van der Waals surface area contributed by atoms with Crippen molar-refractivity contribution in [3.05, 3.63) is 94.2 Å².